The topological polar surface area (TPSA) is 113 Å². The molecule has 8 heteroatoms. The summed E-state index contributed by atoms with van der Waals surface area (Å²) >= 11 is 0. The molecule has 1 aromatic rings. The van der Waals surface area contributed by atoms with Gasteiger partial charge in [-0.2, -0.15) is 0 Å². The molecule has 0 aliphatic carbocycles. The van der Waals surface area contributed by atoms with Gasteiger partial charge < -0.3 is 19.7 Å². The molecule has 1 aliphatic heterocycles. The van der Waals surface area contributed by atoms with Crippen molar-refractivity contribution in [1.29, 1.82) is 0 Å². The quantitative estimate of drug-likeness (QED) is 0.777. The van der Waals surface area contributed by atoms with Crippen LogP contribution >= 0.6 is 0 Å². The zero-order valence-electron chi connectivity index (χ0n) is 12.5. The molecule has 0 saturated carbocycles. The summed E-state index contributed by atoms with van der Waals surface area (Å²) in [6.45, 7) is 1.08. The highest BCUT2D eigenvalue weighted by Gasteiger charge is 2.34. The highest BCUT2D eigenvalue weighted by Crippen LogP contribution is 2.42. The van der Waals surface area contributed by atoms with E-state index in [0.717, 1.165) is 11.0 Å². The van der Waals surface area contributed by atoms with Crippen molar-refractivity contribution >= 4 is 29.6 Å². The summed E-state index contributed by atoms with van der Waals surface area (Å²) < 4.78 is 10.5. The molecule has 23 heavy (non-hydrogen) atoms. The Bertz CT molecular complexity index is 695. The number of aliphatic carboxylic acids is 2. The Kier molecular flexibility index (Phi) is 4.54. The largest absolute Gasteiger partial charge is 0.493 e. The Labute approximate surface area is 131 Å². The second-order valence-electron chi connectivity index (χ2n) is 4.81. The second kappa shape index (κ2) is 6.39. The zero-order chi connectivity index (χ0) is 17.1. The molecule has 0 spiro atoms. The number of ether oxygens (including phenoxy) is 2. The molecule has 1 atom stereocenters. The molecule has 1 aliphatic rings. The summed E-state index contributed by atoms with van der Waals surface area (Å²) in [6, 6.07) is 1.92. The van der Waals surface area contributed by atoms with Crippen molar-refractivity contribution < 1.29 is 34.1 Å². The molecule has 1 amide bonds. The minimum absolute atomic E-state index is 0.223. The van der Waals surface area contributed by atoms with Crippen LogP contribution < -0.4 is 14.4 Å². The van der Waals surface area contributed by atoms with E-state index in [2.05, 4.69) is 0 Å². The summed E-state index contributed by atoms with van der Waals surface area (Å²) in [7, 11) is 1.39. The van der Waals surface area contributed by atoms with Crippen molar-refractivity contribution in [3.8, 4) is 11.5 Å². The first-order valence-corrected chi connectivity index (χ1v) is 6.66. The molecule has 0 saturated heterocycles. The van der Waals surface area contributed by atoms with Gasteiger partial charge in [-0.15, -0.1) is 0 Å². The van der Waals surface area contributed by atoms with Crippen molar-refractivity contribution in [2.24, 2.45) is 0 Å². The summed E-state index contributed by atoms with van der Waals surface area (Å²) in [5.41, 5.74) is 0.657. The lowest BCUT2D eigenvalue weighted by molar-refractivity contribution is -0.140. The number of benzene rings is 1. The number of carboxylic acids is 2. The zero-order valence-corrected chi connectivity index (χ0v) is 12.5. The Morgan fingerprint density at radius 2 is 2.09 bits per heavy atom. The van der Waals surface area contributed by atoms with Crippen LogP contribution in [0.4, 0.5) is 5.69 Å². The van der Waals surface area contributed by atoms with Crippen molar-refractivity contribution in [3.05, 3.63) is 23.8 Å². The smallest absolute Gasteiger partial charge is 0.328 e. The summed E-state index contributed by atoms with van der Waals surface area (Å²) in [5.74, 6) is -2.29. The van der Waals surface area contributed by atoms with E-state index in [4.69, 9.17) is 14.6 Å². The molecule has 1 unspecified atom stereocenters. The second-order valence-corrected chi connectivity index (χ2v) is 4.81. The standard InChI is InChI=1S/C15H15NO7/c1-8(15(20)21)16-10-5-9(3-4-13(18)19)6-11(22-2)14(10)23-7-12(16)17/h3-6,8H,7H2,1-2H3,(H,18,19)(H,20,21)/b4-3+. The van der Waals surface area contributed by atoms with E-state index in [0.29, 0.717) is 5.56 Å². The van der Waals surface area contributed by atoms with Gasteiger partial charge in [0.15, 0.2) is 18.1 Å². The van der Waals surface area contributed by atoms with Gasteiger partial charge in [0.2, 0.25) is 0 Å². The van der Waals surface area contributed by atoms with Crippen LogP contribution in [0.25, 0.3) is 6.08 Å². The van der Waals surface area contributed by atoms with Crippen molar-refractivity contribution in [1.82, 2.24) is 0 Å². The number of carbonyl (C=O) groups excluding carboxylic acids is 1. The van der Waals surface area contributed by atoms with E-state index in [9.17, 15) is 19.5 Å². The van der Waals surface area contributed by atoms with Crippen LogP contribution in [0.5, 0.6) is 11.5 Å². The first kappa shape index (κ1) is 16.3. The highest BCUT2D eigenvalue weighted by molar-refractivity contribution is 6.03. The van der Waals surface area contributed by atoms with Crippen molar-refractivity contribution in [3.63, 3.8) is 0 Å². The molecule has 0 bridgehead atoms. The summed E-state index contributed by atoms with van der Waals surface area (Å²) in [4.78, 5) is 35.1. The molecule has 1 heterocycles. The van der Waals surface area contributed by atoms with E-state index in [-0.39, 0.29) is 23.8 Å². The molecule has 1 aromatic carbocycles. The Hall–Kier alpha value is -3.03. The third-order valence-electron chi connectivity index (χ3n) is 3.31. The minimum atomic E-state index is -1.17. The van der Waals surface area contributed by atoms with Gasteiger partial charge >= 0.3 is 11.9 Å². The Balaban J connectivity index is 2.59. The van der Waals surface area contributed by atoms with Crippen molar-refractivity contribution in [2.75, 3.05) is 18.6 Å². The predicted molar refractivity (Wildman–Crippen MR) is 79.7 cm³/mol. The fourth-order valence-corrected chi connectivity index (χ4v) is 2.22. The third kappa shape index (κ3) is 3.25. The van der Waals surface area contributed by atoms with Gasteiger partial charge in [0.25, 0.3) is 5.91 Å². The number of methoxy groups -OCH3 is 1. The number of rotatable bonds is 5. The SMILES string of the molecule is COc1cc(/C=C/C(=O)O)cc2c1OCC(=O)N2C(C)C(=O)O. The maximum absolute atomic E-state index is 12.1. The summed E-state index contributed by atoms with van der Waals surface area (Å²) in [6.07, 6.45) is 2.24. The Morgan fingerprint density at radius 1 is 1.39 bits per heavy atom. The van der Waals surface area contributed by atoms with Crippen molar-refractivity contribution in [2.45, 2.75) is 13.0 Å². The molecule has 0 fully saturated rings. The van der Waals surface area contributed by atoms with Gasteiger partial charge in [0, 0.05) is 6.08 Å². The number of carboxylic acid groups (broad SMARTS) is 2. The van der Waals surface area contributed by atoms with E-state index < -0.39 is 23.9 Å². The van der Waals surface area contributed by atoms with Crippen LogP contribution in [0.15, 0.2) is 18.2 Å². The number of carbonyl (C=O) groups is 3. The van der Waals surface area contributed by atoms with Crippen LogP contribution in [0, 0.1) is 0 Å². The van der Waals surface area contributed by atoms with E-state index in [1.807, 2.05) is 0 Å². The number of nitrogens with zero attached hydrogens (tertiary/aromatic N) is 1. The van der Waals surface area contributed by atoms with Crippen LogP contribution in [0.2, 0.25) is 0 Å². The molecule has 0 radical (unpaired) electrons. The van der Waals surface area contributed by atoms with Gasteiger partial charge in [0.05, 0.1) is 12.8 Å². The first-order valence-electron chi connectivity index (χ1n) is 6.66. The fraction of sp³-hybridized carbons (Fsp3) is 0.267. The average molecular weight is 321 g/mol. The number of hydrogen-bond acceptors (Lipinski definition) is 5. The lowest BCUT2D eigenvalue weighted by Crippen LogP contribution is -2.48. The molecule has 0 aromatic heterocycles. The van der Waals surface area contributed by atoms with Gasteiger partial charge in [-0.3, -0.25) is 9.69 Å². The average Bonchev–Trinajstić information content (AvgIpc) is 2.51. The number of anilines is 1. The first-order chi connectivity index (χ1) is 10.8. The monoisotopic (exact) mass is 321 g/mol. The normalized spacial score (nSPS) is 15.0. The number of amides is 1. The predicted octanol–water partition coefficient (Wildman–Crippen LogP) is 0.992. The maximum atomic E-state index is 12.1. The fourth-order valence-electron chi connectivity index (χ4n) is 2.22. The molecule has 8 nitrogen and oxygen atoms in total. The van der Waals surface area contributed by atoms with Crippen LogP contribution in [-0.4, -0.2) is 47.8 Å². The molecular formula is C15H15NO7. The minimum Gasteiger partial charge on any atom is -0.493 e. The van der Waals surface area contributed by atoms with E-state index in [1.165, 1.54) is 32.2 Å². The van der Waals surface area contributed by atoms with E-state index in [1.54, 1.807) is 0 Å². The van der Waals surface area contributed by atoms with E-state index >= 15 is 0 Å². The molecule has 2 N–H and O–H groups in total. The lowest BCUT2D eigenvalue weighted by atomic mass is 10.1. The van der Waals surface area contributed by atoms with Crippen LogP contribution in [0.1, 0.15) is 12.5 Å². The van der Waals surface area contributed by atoms with Gasteiger partial charge in [-0.05, 0) is 30.7 Å². The van der Waals surface area contributed by atoms with Gasteiger partial charge in [-0.25, -0.2) is 9.59 Å². The molecule has 2 rings (SSSR count). The van der Waals surface area contributed by atoms with Crippen LogP contribution in [-0.2, 0) is 14.4 Å². The summed E-state index contributed by atoms with van der Waals surface area (Å²) in [5, 5.41) is 17.9. The Morgan fingerprint density at radius 3 is 2.65 bits per heavy atom. The maximum Gasteiger partial charge on any atom is 0.328 e. The molecular weight excluding hydrogens is 306 g/mol. The highest BCUT2D eigenvalue weighted by atomic mass is 16.5. The molecule has 122 valence electrons. The lowest BCUT2D eigenvalue weighted by Gasteiger charge is -2.33. The van der Waals surface area contributed by atoms with Crippen LogP contribution in [0.3, 0.4) is 0 Å². The van der Waals surface area contributed by atoms with Gasteiger partial charge in [-0.1, -0.05) is 0 Å². The number of fused-ring (bicyclic) bond motifs is 1. The third-order valence-corrected chi connectivity index (χ3v) is 3.31. The van der Waals surface area contributed by atoms with Gasteiger partial charge in [0.1, 0.15) is 6.04 Å². The number of hydrogen-bond donors (Lipinski definition) is 2.